The Morgan fingerprint density at radius 2 is 1.60 bits per heavy atom. The van der Waals surface area contributed by atoms with E-state index in [0.29, 0.717) is 41.7 Å². The number of ether oxygens (including phenoxy) is 4. The van der Waals surface area contributed by atoms with Crippen LogP contribution in [0.3, 0.4) is 0 Å². The number of benzene rings is 2. The van der Waals surface area contributed by atoms with Gasteiger partial charge in [-0.25, -0.2) is 0 Å². The molecule has 0 saturated carbocycles. The van der Waals surface area contributed by atoms with Gasteiger partial charge in [0.05, 0.1) is 39.0 Å². The number of carbonyl (C=O) groups is 1. The predicted molar refractivity (Wildman–Crippen MR) is 139 cm³/mol. The third-order valence-electron chi connectivity index (χ3n) is 5.36. The third kappa shape index (κ3) is 6.41. The largest absolute Gasteiger partial charge is 0.495 e. The molecule has 2 aromatic carbocycles. The summed E-state index contributed by atoms with van der Waals surface area (Å²) in [5.74, 6) is 2.15. The molecule has 0 radical (unpaired) electrons. The van der Waals surface area contributed by atoms with Crippen molar-refractivity contribution in [2.45, 2.75) is 6.42 Å². The molecule has 10 heteroatoms. The lowest BCUT2D eigenvalue weighted by Gasteiger charge is -2.15. The Bertz CT molecular complexity index is 1110. The highest BCUT2D eigenvalue weighted by Gasteiger charge is 2.19. The minimum Gasteiger partial charge on any atom is -0.495 e. The molecule has 35 heavy (non-hydrogen) atoms. The monoisotopic (exact) mass is 500 g/mol. The van der Waals surface area contributed by atoms with Crippen LogP contribution in [0.25, 0.3) is 21.6 Å². The molecule has 0 saturated heterocycles. The Kier molecular flexibility index (Phi) is 9.71. The van der Waals surface area contributed by atoms with E-state index < -0.39 is 0 Å². The minimum absolute atomic E-state index is 0.0919. The van der Waals surface area contributed by atoms with Crippen molar-refractivity contribution in [3.63, 3.8) is 0 Å². The lowest BCUT2D eigenvalue weighted by Crippen LogP contribution is -2.28. The van der Waals surface area contributed by atoms with Gasteiger partial charge in [0, 0.05) is 43.4 Å². The molecule has 1 heterocycles. The smallest absolute Gasteiger partial charge is 0.225 e. The normalized spacial score (nSPS) is 10.7. The van der Waals surface area contributed by atoms with Crippen molar-refractivity contribution in [1.82, 2.24) is 15.0 Å². The third-order valence-corrected chi connectivity index (χ3v) is 6.21. The molecule has 0 unspecified atom stereocenters. The van der Waals surface area contributed by atoms with Gasteiger partial charge in [-0.2, -0.15) is 4.37 Å². The van der Waals surface area contributed by atoms with E-state index in [2.05, 4.69) is 20.3 Å². The summed E-state index contributed by atoms with van der Waals surface area (Å²) in [5, 5.41) is 9.26. The molecule has 1 aromatic heterocycles. The van der Waals surface area contributed by atoms with Crippen molar-refractivity contribution in [3.05, 3.63) is 36.5 Å². The maximum absolute atomic E-state index is 12.5. The first-order valence-electron chi connectivity index (χ1n) is 11.1. The fourth-order valence-corrected chi connectivity index (χ4v) is 4.35. The van der Waals surface area contributed by atoms with E-state index >= 15 is 0 Å². The molecule has 3 aromatic rings. The second kappa shape index (κ2) is 12.9. The standard InChI is InChI=1S/C25H32N4O5S/c1-26-10-11-27-9-8-23(30)29-19-12-16(6-7-20(19)31-2)18-15-28-35-25(18)17-13-21(32-3)24(34-5)22(14-17)33-4/h6-7,12-15,26-27H,8-11H2,1-5H3,(H,29,30). The summed E-state index contributed by atoms with van der Waals surface area (Å²) in [6, 6.07) is 9.47. The number of rotatable bonds is 13. The molecule has 0 atom stereocenters. The van der Waals surface area contributed by atoms with Gasteiger partial charge in [0.2, 0.25) is 11.7 Å². The summed E-state index contributed by atoms with van der Waals surface area (Å²) < 4.78 is 26.4. The molecule has 0 bridgehead atoms. The Morgan fingerprint density at radius 3 is 2.23 bits per heavy atom. The van der Waals surface area contributed by atoms with Crippen LogP contribution in [0.1, 0.15) is 6.42 Å². The average Bonchev–Trinajstić information content (AvgIpc) is 3.37. The molecule has 1 amide bonds. The van der Waals surface area contributed by atoms with Gasteiger partial charge in [-0.3, -0.25) is 4.79 Å². The maximum Gasteiger partial charge on any atom is 0.225 e. The van der Waals surface area contributed by atoms with Crippen molar-refractivity contribution in [2.24, 2.45) is 0 Å². The van der Waals surface area contributed by atoms with E-state index in [1.54, 1.807) is 28.4 Å². The van der Waals surface area contributed by atoms with Gasteiger partial charge in [0.15, 0.2) is 11.5 Å². The minimum atomic E-state index is -0.0919. The summed E-state index contributed by atoms with van der Waals surface area (Å²) in [4.78, 5) is 13.5. The van der Waals surface area contributed by atoms with E-state index in [9.17, 15) is 4.79 Å². The maximum atomic E-state index is 12.5. The highest BCUT2D eigenvalue weighted by Crippen LogP contribution is 2.45. The van der Waals surface area contributed by atoms with Crippen molar-refractivity contribution < 1.29 is 23.7 Å². The Hall–Kier alpha value is -3.34. The highest BCUT2D eigenvalue weighted by atomic mass is 32.1. The fraction of sp³-hybridized carbons (Fsp3) is 0.360. The SMILES string of the molecule is CNCCNCCC(=O)Nc1cc(-c2cnsc2-c2cc(OC)c(OC)c(OC)c2)ccc1OC. The van der Waals surface area contributed by atoms with E-state index in [1.807, 2.05) is 43.6 Å². The van der Waals surface area contributed by atoms with Gasteiger partial charge in [0.25, 0.3) is 0 Å². The van der Waals surface area contributed by atoms with Crippen molar-refractivity contribution in [3.8, 4) is 44.6 Å². The average molecular weight is 501 g/mol. The second-order valence-electron chi connectivity index (χ2n) is 7.55. The molecule has 0 aliphatic heterocycles. The summed E-state index contributed by atoms with van der Waals surface area (Å²) in [5.41, 5.74) is 3.29. The van der Waals surface area contributed by atoms with Crippen molar-refractivity contribution >= 4 is 23.1 Å². The van der Waals surface area contributed by atoms with E-state index in [4.69, 9.17) is 18.9 Å². The van der Waals surface area contributed by atoms with Crippen LogP contribution in [-0.2, 0) is 4.79 Å². The number of carbonyl (C=O) groups excluding carboxylic acids is 1. The summed E-state index contributed by atoms with van der Waals surface area (Å²) in [6.07, 6.45) is 2.16. The van der Waals surface area contributed by atoms with E-state index in [-0.39, 0.29) is 5.91 Å². The molecular formula is C25H32N4O5S. The first kappa shape index (κ1) is 26.3. The van der Waals surface area contributed by atoms with Crippen LogP contribution in [0.15, 0.2) is 36.5 Å². The molecule has 188 valence electrons. The summed E-state index contributed by atoms with van der Waals surface area (Å²) >= 11 is 1.36. The summed E-state index contributed by atoms with van der Waals surface area (Å²) in [7, 11) is 8.22. The lowest BCUT2D eigenvalue weighted by molar-refractivity contribution is -0.116. The molecule has 3 N–H and O–H groups in total. The highest BCUT2D eigenvalue weighted by molar-refractivity contribution is 7.10. The Labute approximate surface area is 209 Å². The van der Waals surface area contributed by atoms with Gasteiger partial charge in [-0.1, -0.05) is 6.07 Å². The zero-order valence-corrected chi connectivity index (χ0v) is 21.5. The molecule has 0 fully saturated rings. The van der Waals surface area contributed by atoms with Crippen LogP contribution >= 0.6 is 11.5 Å². The van der Waals surface area contributed by atoms with Crippen molar-refractivity contribution in [2.75, 3.05) is 60.4 Å². The van der Waals surface area contributed by atoms with E-state index in [0.717, 1.165) is 34.7 Å². The van der Waals surface area contributed by atoms with Crippen LogP contribution in [0.2, 0.25) is 0 Å². The zero-order valence-electron chi connectivity index (χ0n) is 20.7. The first-order chi connectivity index (χ1) is 17.1. The van der Waals surface area contributed by atoms with Crippen LogP contribution in [0.5, 0.6) is 23.0 Å². The van der Waals surface area contributed by atoms with Gasteiger partial charge in [-0.05, 0) is 48.4 Å². The molecule has 0 aliphatic rings. The number of aromatic nitrogens is 1. The zero-order chi connectivity index (χ0) is 25.2. The number of nitrogens with one attached hydrogen (secondary N) is 3. The number of methoxy groups -OCH3 is 4. The molecule has 0 aliphatic carbocycles. The molecule has 3 rings (SSSR count). The van der Waals surface area contributed by atoms with Gasteiger partial charge in [0.1, 0.15) is 5.75 Å². The van der Waals surface area contributed by atoms with Gasteiger partial charge >= 0.3 is 0 Å². The number of likely N-dealkylation sites (N-methyl/N-ethyl adjacent to an activating group) is 1. The van der Waals surface area contributed by atoms with Crippen LogP contribution in [0.4, 0.5) is 5.69 Å². The molecular weight excluding hydrogens is 468 g/mol. The van der Waals surface area contributed by atoms with Crippen LogP contribution in [0, 0.1) is 0 Å². The van der Waals surface area contributed by atoms with Gasteiger partial charge in [-0.15, -0.1) is 0 Å². The van der Waals surface area contributed by atoms with Crippen LogP contribution in [-0.4, -0.2) is 65.4 Å². The second-order valence-corrected chi connectivity index (χ2v) is 8.35. The van der Waals surface area contributed by atoms with Gasteiger partial charge < -0.3 is 34.9 Å². The topological polar surface area (TPSA) is 103 Å². The predicted octanol–water partition coefficient (Wildman–Crippen LogP) is 3.65. The van der Waals surface area contributed by atoms with E-state index in [1.165, 1.54) is 11.5 Å². The molecule has 0 spiro atoms. The molecule has 9 nitrogen and oxygen atoms in total. The quantitative estimate of drug-likeness (QED) is 0.306. The number of hydrogen-bond donors (Lipinski definition) is 3. The first-order valence-corrected chi connectivity index (χ1v) is 11.9. The lowest BCUT2D eigenvalue weighted by atomic mass is 10.0. The number of anilines is 1. The van der Waals surface area contributed by atoms with Crippen molar-refractivity contribution in [1.29, 1.82) is 0 Å². The number of amides is 1. The van der Waals surface area contributed by atoms with Crippen LogP contribution < -0.4 is 34.9 Å². The Morgan fingerprint density at radius 1 is 0.886 bits per heavy atom. The fourth-order valence-electron chi connectivity index (χ4n) is 3.59. The Balaban J connectivity index is 1.89. The number of nitrogens with zero attached hydrogens (tertiary/aromatic N) is 1. The number of hydrogen-bond acceptors (Lipinski definition) is 9. The summed E-state index contributed by atoms with van der Waals surface area (Å²) in [6.45, 7) is 2.24.